The molecular weight excluding hydrogens is 464 g/mol. The Morgan fingerprint density at radius 3 is 2.65 bits per heavy atom. The standard InChI is InChI=1S/C30H38N4O3/c1-20(2)26-18-33(13-14-34(26)27(35)12-15-36-22-8-6-5-7-9-22)29-24(17-31)23-16-30(3,4)37-19-25(23)28(32-29)21-10-11-21/h5-9,20-21,26H,10-16,18-19H2,1-4H3. The number of benzene rings is 1. The van der Waals surface area contributed by atoms with Crippen molar-refractivity contribution in [3.05, 3.63) is 52.7 Å². The lowest BCUT2D eigenvalue weighted by molar-refractivity contribution is -0.135. The molecule has 1 atom stereocenters. The molecule has 196 valence electrons. The van der Waals surface area contributed by atoms with E-state index < -0.39 is 0 Å². The first-order valence-corrected chi connectivity index (χ1v) is 13.6. The molecule has 37 heavy (non-hydrogen) atoms. The molecule has 0 radical (unpaired) electrons. The van der Waals surface area contributed by atoms with E-state index in [4.69, 9.17) is 14.5 Å². The zero-order valence-electron chi connectivity index (χ0n) is 22.5. The zero-order valence-corrected chi connectivity index (χ0v) is 22.5. The second-order valence-corrected chi connectivity index (χ2v) is 11.5. The highest BCUT2D eigenvalue weighted by molar-refractivity contribution is 5.77. The van der Waals surface area contributed by atoms with Crippen molar-refractivity contribution in [1.82, 2.24) is 9.88 Å². The van der Waals surface area contributed by atoms with Crippen molar-refractivity contribution in [3.63, 3.8) is 0 Å². The molecule has 1 saturated carbocycles. The van der Waals surface area contributed by atoms with Crippen molar-refractivity contribution in [2.45, 2.75) is 77.5 Å². The first-order valence-electron chi connectivity index (χ1n) is 13.6. The number of aromatic nitrogens is 1. The SMILES string of the molecule is CC(C)C1CN(c2nc(C3CC3)c3c(c2C#N)CC(C)(C)OC3)CCN1C(=O)CCOc1ccccc1. The van der Waals surface area contributed by atoms with Crippen molar-refractivity contribution in [2.24, 2.45) is 5.92 Å². The van der Waals surface area contributed by atoms with Crippen LogP contribution < -0.4 is 9.64 Å². The summed E-state index contributed by atoms with van der Waals surface area (Å²) < 4.78 is 11.9. The van der Waals surface area contributed by atoms with Crippen molar-refractivity contribution in [2.75, 3.05) is 31.1 Å². The van der Waals surface area contributed by atoms with Crippen molar-refractivity contribution in [1.29, 1.82) is 5.26 Å². The maximum absolute atomic E-state index is 13.2. The van der Waals surface area contributed by atoms with Crippen LogP contribution in [0, 0.1) is 17.2 Å². The number of carbonyl (C=O) groups is 1. The fourth-order valence-electron chi connectivity index (χ4n) is 5.62. The van der Waals surface area contributed by atoms with E-state index in [1.54, 1.807) is 0 Å². The van der Waals surface area contributed by atoms with Crippen LogP contribution in [0.2, 0.25) is 0 Å². The van der Waals surface area contributed by atoms with Crippen molar-refractivity contribution >= 4 is 11.7 Å². The van der Waals surface area contributed by atoms with Crippen LogP contribution in [-0.2, 0) is 22.6 Å². The van der Waals surface area contributed by atoms with Crippen LogP contribution in [0.15, 0.2) is 30.3 Å². The van der Waals surface area contributed by atoms with Gasteiger partial charge in [0.15, 0.2) is 0 Å². The summed E-state index contributed by atoms with van der Waals surface area (Å²) in [5.41, 5.74) is 3.76. The van der Waals surface area contributed by atoms with Gasteiger partial charge in [-0.25, -0.2) is 4.98 Å². The summed E-state index contributed by atoms with van der Waals surface area (Å²) in [6.45, 7) is 11.4. The van der Waals surface area contributed by atoms with Gasteiger partial charge in [-0.05, 0) is 50.3 Å². The lowest BCUT2D eigenvalue weighted by Crippen LogP contribution is -2.57. The third kappa shape index (κ3) is 5.45. The van der Waals surface area contributed by atoms with Crippen LogP contribution in [0.5, 0.6) is 5.75 Å². The van der Waals surface area contributed by atoms with E-state index in [1.165, 1.54) is 0 Å². The predicted octanol–water partition coefficient (Wildman–Crippen LogP) is 4.82. The molecular formula is C30H38N4O3. The number of hydrogen-bond acceptors (Lipinski definition) is 6. The molecule has 3 aliphatic rings. The number of rotatable bonds is 7. The second kappa shape index (κ2) is 10.3. The number of carbonyl (C=O) groups excluding carboxylic acids is 1. The minimum atomic E-state index is -0.300. The van der Waals surface area contributed by atoms with Gasteiger partial charge in [0.25, 0.3) is 0 Å². The third-order valence-electron chi connectivity index (χ3n) is 7.85. The maximum Gasteiger partial charge on any atom is 0.226 e. The summed E-state index contributed by atoms with van der Waals surface area (Å²) in [6.07, 6.45) is 3.36. The van der Waals surface area contributed by atoms with Crippen LogP contribution in [-0.4, -0.2) is 53.7 Å². The van der Waals surface area contributed by atoms with E-state index in [0.29, 0.717) is 57.2 Å². The largest absolute Gasteiger partial charge is 0.493 e. The van der Waals surface area contributed by atoms with E-state index in [0.717, 1.165) is 41.2 Å². The Kier molecular flexibility index (Phi) is 7.13. The average molecular weight is 503 g/mol. The average Bonchev–Trinajstić information content (AvgIpc) is 3.73. The number of nitrogens with zero attached hydrogens (tertiary/aromatic N) is 4. The molecule has 1 aromatic heterocycles. The van der Waals surface area contributed by atoms with Crippen LogP contribution >= 0.6 is 0 Å². The number of amides is 1. The highest BCUT2D eigenvalue weighted by atomic mass is 16.5. The summed E-state index contributed by atoms with van der Waals surface area (Å²) in [7, 11) is 0. The molecule has 7 heteroatoms. The molecule has 5 rings (SSSR count). The molecule has 1 aromatic carbocycles. The molecule has 1 amide bonds. The third-order valence-corrected chi connectivity index (χ3v) is 7.85. The van der Waals surface area contributed by atoms with Gasteiger partial charge in [-0.1, -0.05) is 32.0 Å². The smallest absolute Gasteiger partial charge is 0.226 e. The van der Waals surface area contributed by atoms with Crippen molar-refractivity contribution in [3.8, 4) is 11.8 Å². The minimum absolute atomic E-state index is 0.0477. The van der Waals surface area contributed by atoms with E-state index in [2.05, 4.69) is 38.7 Å². The molecule has 7 nitrogen and oxygen atoms in total. The van der Waals surface area contributed by atoms with Gasteiger partial charge in [-0.15, -0.1) is 0 Å². The first-order chi connectivity index (χ1) is 17.8. The Bertz CT molecular complexity index is 1180. The van der Waals surface area contributed by atoms with Crippen molar-refractivity contribution < 1.29 is 14.3 Å². The van der Waals surface area contributed by atoms with Gasteiger partial charge in [0.2, 0.25) is 5.91 Å². The number of para-hydroxylation sites is 1. The predicted molar refractivity (Wildman–Crippen MR) is 143 cm³/mol. The summed E-state index contributed by atoms with van der Waals surface area (Å²) >= 11 is 0. The van der Waals surface area contributed by atoms with Gasteiger partial charge in [-0.3, -0.25) is 4.79 Å². The number of fused-ring (bicyclic) bond motifs is 1. The molecule has 2 aliphatic heterocycles. The Balaban J connectivity index is 1.36. The molecule has 2 aromatic rings. The van der Waals surface area contributed by atoms with E-state index in [-0.39, 0.29) is 23.5 Å². The van der Waals surface area contributed by atoms with Gasteiger partial charge in [-0.2, -0.15) is 5.26 Å². The Hall–Kier alpha value is -3.11. The summed E-state index contributed by atoms with van der Waals surface area (Å²) in [4.78, 5) is 22.6. The van der Waals surface area contributed by atoms with E-state index in [9.17, 15) is 10.1 Å². The molecule has 1 aliphatic carbocycles. The molecule has 2 fully saturated rings. The van der Waals surface area contributed by atoms with Crippen LogP contribution in [0.4, 0.5) is 5.82 Å². The Morgan fingerprint density at radius 2 is 1.97 bits per heavy atom. The number of hydrogen-bond donors (Lipinski definition) is 0. The highest BCUT2D eigenvalue weighted by Gasteiger charge is 2.39. The highest BCUT2D eigenvalue weighted by Crippen LogP contribution is 2.46. The molecule has 0 bridgehead atoms. The number of nitriles is 1. The fraction of sp³-hybridized carbons (Fsp3) is 0.567. The topological polar surface area (TPSA) is 78.7 Å². The molecule has 0 N–H and O–H groups in total. The summed E-state index contributed by atoms with van der Waals surface area (Å²) in [5.74, 6) is 2.44. The number of ether oxygens (including phenoxy) is 2. The number of piperazine rings is 1. The van der Waals surface area contributed by atoms with Gasteiger partial charge in [0, 0.05) is 37.5 Å². The molecule has 1 unspecified atom stereocenters. The van der Waals surface area contributed by atoms with Gasteiger partial charge in [0.05, 0.1) is 42.5 Å². The lowest BCUT2D eigenvalue weighted by Gasteiger charge is -2.44. The second-order valence-electron chi connectivity index (χ2n) is 11.5. The molecule has 3 heterocycles. The maximum atomic E-state index is 13.2. The number of anilines is 1. The van der Waals surface area contributed by atoms with Crippen LogP contribution in [0.3, 0.4) is 0 Å². The lowest BCUT2D eigenvalue weighted by atomic mass is 9.87. The molecule has 0 spiro atoms. The van der Waals surface area contributed by atoms with Gasteiger partial charge >= 0.3 is 0 Å². The van der Waals surface area contributed by atoms with Gasteiger partial charge in [0.1, 0.15) is 17.6 Å². The number of pyridine rings is 1. The van der Waals surface area contributed by atoms with Crippen LogP contribution in [0.1, 0.15) is 75.3 Å². The Morgan fingerprint density at radius 1 is 1.22 bits per heavy atom. The fourth-order valence-corrected chi connectivity index (χ4v) is 5.62. The normalized spacial score (nSPS) is 20.9. The van der Waals surface area contributed by atoms with E-state index >= 15 is 0 Å². The van der Waals surface area contributed by atoms with Gasteiger partial charge < -0.3 is 19.3 Å². The first kappa shape index (κ1) is 25.5. The minimum Gasteiger partial charge on any atom is -0.493 e. The van der Waals surface area contributed by atoms with E-state index in [1.807, 2.05) is 35.2 Å². The summed E-state index contributed by atoms with van der Waals surface area (Å²) in [5, 5.41) is 10.3. The monoisotopic (exact) mass is 502 g/mol. The summed E-state index contributed by atoms with van der Waals surface area (Å²) in [6, 6.07) is 12.2. The molecule has 1 saturated heterocycles. The zero-order chi connectivity index (χ0) is 26.2. The van der Waals surface area contributed by atoms with Crippen LogP contribution in [0.25, 0.3) is 0 Å². The quantitative estimate of drug-likeness (QED) is 0.540. The Labute approximate surface area is 220 Å².